The van der Waals surface area contributed by atoms with Gasteiger partial charge in [-0.25, -0.2) is 14.2 Å². The highest BCUT2D eigenvalue weighted by Gasteiger charge is 2.23. The molecule has 6 heteroatoms. The standard InChI is InChI=1S/C15H14N4O2/c1-10-8-9-18(16-10)14-13(15(20)21)11(2)17-19(14)12-6-4-3-5-7-12/h3-9H,1-2H3,(H,20,21). The number of hydrogen-bond acceptors (Lipinski definition) is 3. The molecule has 1 N–H and O–H groups in total. The van der Waals surface area contributed by atoms with E-state index in [4.69, 9.17) is 0 Å². The zero-order valence-electron chi connectivity index (χ0n) is 11.7. The summed E-state index contributed by atoms with van der Waals surface area (Å²) in [6, 6.07) is 11.2. The maximum absolute atomic E-state index is 11.6. The summed E-state index contributed by atoms with van der Waals surface area (Å²) in [5.74, 6) is -0.586. The number of aromatic carboxylic acids is 1. The molecule has 2 heterocycles. The third-order valence-corrected chi connectivity index (χ3v) is 3.19. The second-order valence-electron chi connectivity index (χ2n) is 4.74. The van der Waals surface area contributed by atoms with Gasteiger partial charge in [-0.05, 0) is 32.0 Å². The van der Waals surface area contributed by atoms with Crippen LogP contribution in [-0.4, -0.2) is 30.6 Å². The van der Waals surface area contributed by atoms with E-state index in [2.05, 4.69) is 10.2 Å². The van der Waals surface area contributed by atoms with Crippen molar-refractivity contribution in [1.29, 1.82) is 0 Å². The molecule has 1 aromatic carbocycles. The zero-order valence-corrected chi connectivity index (χ0v) is 11.7. The molecule has 2 aromatic heterocycles. The number of nitrogens with zero attached hydrogens (tertiary/aromatic N) is 4. The highest BCUT2D eigenvalue weighted by Crippen LogP contribution is 2.22. The van der Waals surface area contributed by atoms with Crippen LogP contribution in [0.2, 0.25) is 0 Å². The summed E-state index contributed by atoms with van der Waals surface area (Å²) in [6.45, 7) is 3.54. The summed E-state index contributed by atoms with van der Waals surface area (Å²) in [5, 5.41) is 18.2. The van der Waals surface area contributed by atoms with Crippen LogP contribution in [0.3, 0.4) is 0 Å². The molecule has 0 saturated carbocycles. The third-order valence-electron chi connectivity index (χ3n) is 3.19. The highest BCUT2D eigenvalue weighted by atomic mass is 16.4. The van der Waals surface area contributed by atoms with E-state index in [1.54, 1.807) is 22.5 Å². The normalized spacial score (nSPS) is 10.8. The van der Waals surface area contributed by atoms with Gasteiger partial charge in [0.1, 0.15) is 5.56 Å². The summed E-state index contributed by atoms with van der Waals surface area (Å²) in [7, 11) is 0. The van der Waals surface area contributed by atoms with Gasteiger partial charge in [-0.1, -0.05) is 18.2 Å². The monoisotopic (exact) mass is 282 g/mol. The summed E-state index contributed by atoms with van der Waals surface area (Å²) in [6.07, 6.45) is 1.73. The van der Waals surface area contributed by atoms with Crippen LogP contribution in [0.25, 0.3) is 11.5 Å². The lowest BCUT2D eigenvalue weighted by Crippen LogP contribution is -2.10. The van der Waals surface area contributed by atoms with Gasteiger partial charge in [-0.15, -0.1) is 0 Å². The van der Waals surface area contributed by atoms with Gasteiger partial charge in [0.15, 0.2) is 5.82 Å². The summed E-state index contributed by atoms with van der Waals surface area (Å²) in [4.78, 5) is 11.6. The number of para-hydroxylation sites is 1. The van der Waals surface area contributed by atoms with Gasteiger partial charge >= 0.3 is 5.97 Å². The van der Waals surface area contributed by atoms with Gasteiger partial charge in [-0.3, -0.25) is 0 Å². The van der Waals surface area contributed by atoms with Crippen molar-refractivity contribution in [3.8, 4) is 11.5 Å². The van der Waals surface area contributed by atoms with Crippen molar-refractivity contribution < 1.29 is 9.90 Å². The van der Waals surface area contributed by atoms with E-state index in [0.717, 1.165) is 11.4 Å². The molecule has 3 rings (SSSR count). The van der Waals surface area contributed by atoms with Gasteiger partial charge in [0.05, 0.1) is 17.1 Å². The SMILES string of the molecule is Cc1ccn(-c2c(C(=O)O)c(C)nn2-c2ccccc2)n1. The average molecular weight is 282 g/mol. The minimum Gasteiger partial charge on any atom is -0.477 e. The zero-order chi connectivity index (χ0) is 15.0. The van der Waals surface area contributed by atoms with E-state index in [9.17, 15) is 9.90 Å². The number of aromatic nitrogens is 4. The van der Waals surface area contributed by atoms with Gasteiger partial charge in [0.2, 0.25) is 0 Å². The predicted octanol–water partition coefficient (Wildman–Crippen LogP) is 2.37. The molecule has 106 valence electrons. The number of aryl methyl sites for hydroxylation is 2. The number of hydrogen-bond donors (Lipinski definition) is 1. The van der Waals surface area contributed by atoms with Crippen LogP contribution in [0, 0.1) is 13.8 Å². The van der Waals surface area contributed by atoms with E-state index in [-0.39, 0.29) is 5.56 Å². The molecule has 0 atom stereocenters. The molecule has 6 nitrogen and oxygen atoms in total. The van der Waals surface area contributed by atoms with Crippen molar-refractivity contribution in [3.63, 3.8) is 0 Å². The van der Waals surface area contributed by atoms with Gasteiger partial charge < -0.3 is 5.11 Å². The van der Waals surface area contributed by atoms with Crippen molar-refractivity contribution >= 4 is 5.97 Å². The number of carbonyl (C=O) groups is 1. The lowest BCUT2D eigenvalue weighted by Gasteiger charge is -2.08. The first kappa shape index (κ1) is 13.1. The lowest BCUT2D eigenvalue weighted by molar-refractivity contribution is 0.0696. The maximum atomic E-state index is 11.6. The Balaban J connectivity index is 2.31. The summed E-state index contributed by atoms with van der Waals surface area (Å²) in [5.41, 5.74) is 2.21. The van der Waals surface area contributed by atoms with Crippen molar-refractivity contribution in [1.82, 2.24) is 19.6 Å². The van der Waals surface area contributed by atoms with E-state index in [1.165, 1.54) is 0 Å². The number of benzene rings is 1. The van der Waals surface area contributed by atoms with Crippen LogP contribution in [0.4, 0.5) is 0 Å². The molecular weight excluding hydrogens is 268 g/mol. The molecule has 0 unspecified atom stereocenters. The van der Waals surface area contributed by atoms with Gasteiger partial charge in [-0.2, -0.15) is 10.2 Å². The number of rotatable bonds is 3. The Bertz CT molecular complexity index is 802. The van der Waals surface area contributed by atoms with Crippen molar-refractivity contribution in [2.24, 2.45) is 0 Å². The second kappa shape index (κ2) is 4.90. The first-order valence-electron chi connectivity index (χ1n) is 6.49. The van der Waals surface area contributed by atoms with Crippen LogP contribution < -0.4 is 0 Å². The van der Waals surface area contributed by atoms with Crippen LogP contribution >= 0.6 is 0 Å². The Morgan fingerprint density at radius 1 is 1.10 bits per heavy atom. The minimum absolute atomic E-state index is 0.155. The molecule has 0 bridgehead atoms. The van der Waals surface area contributed by atoms with E-state index < -0.39 is 5.97 Å². The average Bonchev–Trinajstić information content (AvgIpc) is 3.03. The van der Waals surface area contributed by atoms with Crippen LogP contribution in [0.15, 0.2) is 42.6 Å². The Labute approximate surface area is 121 Å². The fourth-order valence-corrected chi connectivity index (χ4v) is 2.26. The van der Waals surface area contributed by atoms with Crippen molar-refractivity contribution in [2.45, 2.75) is 13.8 Å². The highest BCUT2D eigenvalue weighted by molar-refractivity contribution is 5.92. The second-order valence-corrected chi connectivity index (χ2v) is 4.74. The van der Waals surface area contributed by atoms with E-state index >= 15 is 0 Å². The first-order valence-corrected chi connectivity index (χ1v) is 6.49. The minimum atomic E-state index is -1.02. The smallest absolute Gasteiger partial charge is 0.341 e. The van der Waals surface area contributed by atoms with Crippen LogP contribution in [-0.2, 0) is 0 Å². The molecule has 0 aliphatic carbocycles. The molecule has 0 aliphatic heterocycles. The van der Waals surface area contributed by atoms with Crippen molar-refractivity contribution in [2.75, 3.05) is 0 Å². The largest absolute Gasteiger partial charge is 0.477 e. The van der Waals surface area contributed by atoms with E-state index in [1.807, 2.05) is 43.3 Å². The fraction of sp³-hybridized carbons (Fsp3) is 0.133. The molecule has 0 fully saturated rings. The Morgan fingerprint density at radius 2 is 1.81 bits per heavy atom. The lowest BCUT2D eigenvalue weighted by atomic mass is 10.2. The molecule has 0 amide bonds. The molecule has 3 aromatic rings. The number of carboxylic acids is 1. The quantitative estimate of drug-likeness (QED) is 0.800. The molecule has 0 aliphatic rings. The maximum Gasteiger partial charge on any atom is 0.341 e. The van der Waals surface area contributed by atoms with Gasteiger partial charge in [0, 0.05) is 6.20 Å². The Kier molecular flexibility index (Phi) is 3.06. The Hall–Kier alpha value is -2.89. The van der Waals surface area contributed by atoms with Gasteiger partial charge in [0.25, 0.3) is 0 Å². The summed E-state index contributed by atoms with van der Waals surface area (Å²) >= 11 is 0. The number of carboxylic acid groups (broad SMARTS) is 1. The summed E-state index contributed by atoms with van der Waals surface area (Å²) < 4.78 is 3.15. The Morgan fingerprint density at radius 3 is 2.38 bits per heavy atom. The fourth-order valence-electron chi connectivity index (χ4n) is 2.26. The molecule has 0 saturated heterocycles. The molecule has 0 radical (unpaired) electrons. The van der Waals surface area contributed by atoms with Crippen LogP contribution in [0.5, 0.6) is 0 Å². The topological polar surface area (TPSA) is 72.9 Å². The molecular formula is C15H14N4O2. The predicted molar refractivity (Wildman–Crippen MR) is 77.1 cm³/mol. The van der Waals surface area contributed by atoms with E-state index in [0.29, 0.717) is 11.5 Å². The third kappa shape index (κ3) is 2.20. The first-order chi connectivity index (χ1) is 10.1. The van der Waals surface area contributed by atoms with Crippen LogP contribution in [0.1, 0.15) is 21.7 Å². The molecule has 21 heavy (non-hydrogen) atoms. The van der Waals surface area contributed by atoms with Crippen molar-refractivity contribution in [3.05, 3.63) is 59.5 Å². The molecule has 0 spiro atoms.